The van der Waals surface area contributed by atoms with Crippen LogP contribution in [0.5, 0.6) is 5.75 Å². The molecular formula is C20H22N2O2S. The predicted molar refractivity (Wildman–Crippen MR) is 104 cm³/mol. The van der Waals surface area contributed by atoms with Crippen molar-refractivity contribution in [3.05, 3.63) is 59.7 Å². The van der Waals surface area contributed by atoms with Crippen molar-refractivity contribution in [3.8, 4) is 5.75 Å². The van der Waals surface area contributed by atoms with E-state index >= 15 is 0 Å². The fraction of sp³-hybridized carbons (Fsp3) is 0.300. The zero-order valence-corrected chi connectivity index (χ0v) is 15.4. The predicted octanol–water partition coefficient (Wildman–Crippen LogP) is 4.18. The zero-order chi connectivity index (χ0) is 17.6. The molecule has 0 aromatic heterocycles. The molecular weight excluding hydrogens is 332 g/mol. The van der Waals surface area contributed by atoms with E-state index in [1.54, 1.807) is 18.9 Å². The van der Waals surface area contributed by atoms with Gasteiger partial charge in [-0.2, -0.15) is 0 Å². The highest BCUT2D eigenvalue weighted by atomic mass is 32.2. The van der Waals surface area contributed by atoms with Crippen molar-refractivity contribution in [1.82, 2.24) is 4.90 Å². The molecule has 1 aliphatic heterocycles. The van der Waals surface area contributed by atoms with Crippen LogP contribution in [0.4, 0.5) is 5.69 Å². The maximum Gasteiger partial charge on any atom is 0.182 e. The summed E-state index contributed by atoms with van der Waals surface area (Å²) in [6.07, 6.45) is 0.979. The number of methoxy groups -OCH3 is 1. The largest absolute Gasteiger partial charge is 0.494 e. The fourth-order valence-electron chi connectivity index (χ4n) is 2.70. The lowest BCUT2D eigenvalue weighted by Gasteiger charge is -2.17. The van der Waals surface area contributed by atoms with Crippen LogP contribution in [0.25, 0.3) is 0 Å². The van der Waals surface area contributed by atoms with E-state index in [9.17, 15) is 4.79 Å². The van der Waals surface area contributed by atoms with Gasteiger partial charge in [0.1, 0.15) is 11.4 Å². The van der Waals surface area contributed by atoms with Crippen LogP contribution in [0.3, 0.4) is 0 Å². The number of ketones is 1. The molecule has 0 N–H and O–H groups in total. The van der Waals surface area contributed by atoms with Crippen molar-refractivity contribution in [1.29, 1.82) is 0 Å². The second-order valence-corrected chi connectivity index (χ2v) is 6.87. The maximum atomic E-state index is 12.6. The van der Waals surface area contributed by atoms with Gasteiger partial charge >= 0.3 is 0 Å². The summed E-state index contributed by atoms with van der Waals surface area (Å²) in [5.74, 6) is 1.80. The third-order valence-corrected chi connectivity index (χ3v) is 5.18. The number of benzene rings is 2. The van der Waals surface area contributed by atoms with Gasteiger partial charge in [-0.1, -0.05) is 55.1 Å². The molecule has 1 saturated heterocycles. The molecule has 3 rings (SSSR count). The van der Waals surface area contributed by atoms with Gasteiger partial charge in [0, 0.05) is 17.9 Å². The molecule has 25 heavy (non-hydrogen) atoms. The van der Waals surface area contributed by atoms with E-state index in [1.165, 1.54) is 5.56 Å². The molecule has 0 bridgehead atoms. The standard InChI is InChI=1S/C20H22N2O2S/c1-3-15-8-10-16(11-9-15)18(23)14-22-12-13-25-20(22)21-17-6-4-5-7-19(17)24-2/h4-11H,3,12-14H2,1-2H3. The number of Topliss-reactive ketones (excluding diaryl/α,β-unsaturated/α-hetero) is 1. The first-order valence-corrected chi connectivity index (χ1v) is 9.41. The molecule has 0 aliphatic carbocycles. The third-order valence-electron chi connectivity index (χ3n) is 4.18. The number of hydrogen-bond acceptors (Lipinski definition) is 4. The monoisotopic (exact) mass is 354 g/mol. The lowest BCUT2D eigenvalue weighted by Crippen LogP contribution is -2.30. The van der Waals surface area contributed by atoms with Gasteiger partial charge in [0.15, 0.2) is 11.0 Å². The number of para-hydroxylation sites is 2. The second-order valence-electron chi connectivity index (χ2n) is 5.81. The van der Waals surface area contributed by atoms with Crippen molar-refractivity contribution < 1.29 is 9.53 Å². The van der Waals surface area contributed by atoms with Gasteiger partial charge in [0.05, 0.1) is 13.7 Å². The van der Waals surface area contributed by atoms with Gasteiger partial charge in [-0.15, -0.1) is 0 Å². The van der Waals surface area contributed by atoms with E-state index in [0.29, 0.717) is 6.54 Å². The molecule has 0 atom stereocenters. The third kappa shape index (κ3) is 4.23. The number of nitrogens with zero attached hydrogens (tertiary/aromatic N) is 2. The molecule has 130 valence electrons. The Kier molecular flexibility index (Phi) is 5.76. The van der Waals surface area contributed by atoms with E-state index in [1.807, 2.05) is 53.4 Å². The summed E-state index contributed by atoms with van der Waals surface area (Å²) in [6.45, 7) is 3.29. The Labute approximate surface area is 152 Å². The molecule has 4 nitrogen and oxygen atoms in total. The Morgan fingerprint density at radius 1 is 1.20 bits per heavy atom. The quantitative estimate of drug-likeness (QED) is 0.730. The summed E-state index contributed by atoms with van der Waals surface area (Å²) >= 11 is 1.68. The Bertz CT molecular complexity index is 772. The number of rotatable bonds is 6. The Morgan fingerprint density at radius 3 is 2.68 bits per heavy atom. The highest BCUT2D eigenvalue weighted by Gasteiger charge is 2.23. The van der Waals surface area contributed by atoms with E-state index < -0.39 is 0 Å². The highest BCUT2D eigenvalue weighted by Crippen LogP contribution is 2.30. The molecule has 0 amide bonds. The second kappa shape index (κ2) is 8.21. The first kappa shape index (κ1) is 17.5. The lowest BCUT2D eigenvalue weighted by atomic mass is 10.1. The van der Waals surface area contributed by atoms with Crippen molar-refractivity contribution in [2.45, 2.75) is 13.3 Å². The van der Waals surface area contributed by atoms with Crippen LogP contribution in [0, 0.1) is 0 Å². The first-order chi connectivity index (χ1) is 12.2. The Balaban J connectivity index is 1.75. The van der Waals surface area contributed by atoms with Gasteiger partial charge in [-0.25, -0.2) is 4.99 Å². The average molecular weight is 354 g/mol. The van der Waals surface area contributed by atoms with Crippen molar-refractivity contribution in [2.24, 2.45) is 4.99 Å². The molecule has 0 saturated carbocycles. The van der Waals surface area contributed by atoms with Crippen LogP contribution in [-0.4, -0.2) is 41.8 Å². The van der Waals surface area contributed by atoms with Crippen LogP contribution < -0.4 is 4.74 Å². The number of aryl methyl sites for hydroxylation is 1. The van der Waals surface area contributed by atoms with Gasteiger partial charge in [-0.05, 0) is 24.1 Å². The topological polar surface area (TPSA) is 41.9 Å². The zero-order valence-electron chi connectivity index (χ0n) is 14.6. The molecule has 1 aliphatic rings. The molecule has 2 aromatic rings. The minimum atomic E-state index is 0.123. The number of aliphatic imine (C=N–C) groups is 1. The summed E-state index contributed by atoms with van der Waals surface area (Å²) in [5.41, 5.74) is 2.79. The van der Waals surface area contributed by atoms with Gasteiger partial charge < -0.3 is 9.64 Å². The lowest BCUT2D eigenvalue weighted by molar-refractivity contribution is 0.0967. The van der Waals surface area contributed by atoms with Gasteiger partial charge in [0.25, 0.3) is 0 Å². The SMILES string of the molecule is CCc1ccc(C(=O)CN2CCSC2=Nc2ccccc2OC)cc1. The van der Waals surface area contributed by atoms with E-state index in [-0.39, 0.29) is 5.78 Å². The summed E-state index contributed by atoms with van der Waals surface area (Å²) in [4.78, 5) is 19.4. The van der Waals surface area contributed by atoms with E-state index in [4.69, 9.17) is 9.73 Å². The van der Waals surface area contributed by atoms with Gasteiger partial charge in [-0.3, -0.25) is 4.79 Å². The number of amidine groups is 1. The maximum absolute atomic E-state index is 12.6. The van der Waals surface area contributed by atoms with Crippen LogP contribution in [0.1, 0.15) is 22.8 Å². The summed E-state index contributed by atoms with van der Waals surface area (Å²) in [7, 11) is 1.64. The summed E-state index contributed by atoms with van der Waals surface area (Å²) < 4.78 is 5.36. The number of ether oxygens (including phenoxy) is 1. The van der Waals surface area contributed by atoms with E-state index in [0.717, 1.165) is 40.9 Å². The number of hydrogen-bond donors (Lipinski definition) is 0. The average Bonchev–Trinajstić information content (AvgIpc) is 3.09. The van der Waals surface area contributed by atoms with Crippen LogP contribution >= 0.6 is 11.8 Å². The van der Waals surface area contributed by atoms with E-state index in [2.05, 4.69) is 6.92 Å². The molecule has 5 heteroatoms. The molecule has 0 spiro atoms. The smallest absolute Gasteiger partial charge is 0.182 e. The first-order valence-electron chi connectivity index (χ1n) is 8.43. The minimum Gasteiger partial charge on any atom is -0.494 e. The Hall–Kier alpha value is -2.27. The number of carbonyl (C=O) groups excluding carboxylic acids is 1. The fourth-order valence-corrected chi connectivity index (χ4v) is 3.70. The summed E-state index contributed by atoms with van der Waals surface area (Å²) in [6, 6.07) is 15.6. The highest BCUT2D eigenvalue weighted by molar-refractivity contribution is 8.14. The number of carbonyl (C=O) groups is 1. The molecule has 2 aromatic carbocycles. The van der Waals surface area contributed by atoms with Crippen molar-refractivity contribution >= 4 is 28.4 Å². The molecule has 1 heterocycles. The normalized spacial score (nSPS) is 15.6. The van der Waals surface area contributed by atoms with Crippen LogP contribution in [-0.2, 0) is 6.42 Å². The molecule has 0 radical (unpaired) electrons. The molecule has 1 fully saturated rings. The minimum absolute atomic E-state index is 0.123. The Morgan fingerprint density at radius 2 is 1.96 bits per heavy atom. The molecule has 0 unspecified atom stereocenters. The van der Waals surface area contributed by atoms with Crippen LogP contribution in [0.15, 0.2) is 53.5 Å². The van der Waals surface area contributed by atoms with Crippen LogP contribution in [0.2, 0.25) is 0 Å². The number of thioether (sulfide) groups is 1. The van der Waals surface area contributed by atoms with Crippen molar-refractivity contribution in [2.75, 3.05) is 26.0 Å². The van der Waals surface area contributed by atoms with Crippen molar-refractivity contribution in [3.63, 3.8) is 0 Å². The summed E-state index contributed by atoms with van der Waals surface area (Å²) in [5, 5.41) is 0.878. The van der Waals surface area contributed by atoms with Gasteiger partial charge in [0.2, 0.25) is 0 Å².